The minimum atomic E-state index is -0.108. The first kappa shape index (κ1) is 14.8. The van der Waals surface area contributed by atoms with Crippen LogP contribution in [0.2, 0.25) is 4.34 Å². The third kappa shape index (κ3) is 4.21. The lowest BCUT2D eigenvalue weighted by Gasteiger charge is -2.05. The van der Waals surface area contributed by atoms with Gasteiger partial charge in [-0.2, -0.15) is 0 Å². The molecule has 20 heavy (non-hydrogen) atoms. The summed E-state index contributed by atoms with van der Waals surface area (Å²) < 4.78 is 0.773. The molecule has 4 nitrogen and oxygen atoms in total. The van der Waals surface area contributed by atoms with Crippen LogP contribution in [0.3, 0.4) is 0 Å². The van der Waals surface area contributed by atoms with E-state index in [1.54, 1.807) is 18.3 Å². The summed E-state index contributed by atoms with van der Waals surface area (Å²) >= 11 is 7.39. The van der Waals surface area contributed by atoms with Crippen molar-refractivity contribution in [3.8, 4) is 0 Å². The summed E-state index contributed by atoms with van der Waals surface area (Å²) in [6.45, 7) is 3.39. The largest absolute Gasteiger partial charge is 0.370 e. The SMILES string of the molecule is CCNc1ccc(C(=O)NCCc2ccc(Cl)s2)cn1. The van der Waals surface area contributed by atoms with Crippen molar-refractivity contribution in [3.05, 3.63) is 45.2 Å². The molecule has 2 aromatic heterocycles. The van der Waals surface area contributed by atoms with Gasteiger partial charge in [-0.25, -0.2) is 4.98 Å². The van der Waals surface area contributed by atoms with Crippen molar-refractivity contribution in [2.45, 2.75) is 13.3 Å². The Balaban J connectivity index is 1.82. The van der Waals surface area contributed by atoms with Crippen LogP contribution < -0.4 is 10.6 Å². The van der Waals surface area contributed by atoms with Crippen LogP contribution in [0, 0.1) is 0 Å². The third-order valence-corrected chi connectivity index (χ3v) is 3.96. The number of hydrogen-bond acceptors (Lipinski definition) is 4. The van der Waals surface area contributed by atoms with Crippen LogP contribution >= 0.6 is 22.9 Å². The monoisotopic (exact) mass is 309 g/mol. The van der Waals surface area contributed by atoms with Gasteiger partial charge in [-0.05, 0) is 37.6 Å². The Labute approximate surface area is 127 Å². The first-order chi connectivity index (χ1) is 9.69. The zero-order valence-electron chi connectivity index (χ0n) is 11.1. The van der Waals surface area contributed by atoms with Gasteiger partial charge in [-0.1, -0.05) is 11.6 Å². The van der Waals surface area contributed by atoms with Crippen LogP contribution in [0.4, 0.5) is 5.82 Å². The molecular formula is C14H16ClN3OS. The Bertz CT molecular complexity index is 568. The van der Waals surface area contributed by atoms with Gasteiger partial charge in [0.05, 0.1) is 9.90 Å². The number of pyridine rings is 1. The smallest absolute Gasteiger partial charge is 0.252 e. The van der Waals surface area contributed by atoms with Crippen molar-refractivity contribution >= 4 is 34.7 Å². The lowest BCUT2D eigenvalue weighted by molar-refractivity contribution is 0.0954. The van der Waals surface area contributed by atoms with E-state index in [1.165, 1.54) is 11.3 Å². The molecule has 2 aromatic rings. The van der Waals surface area contributed by atoms with Crippen LogP contribution in [0.15, 0.2) is 30.5 Å². The van der Waals surface area contributed by atoms with Crippen molar-refractivity contribution in [3.63, 3.8) is 0 Å². The summed E-state index contributed by atoms with van der Waals surface area (Å²) in [6.07, 6.45) is 2.36. The molecule has 0 aliphatic heterocycles. The maximum atomic E-state index is 11.9. The van der Waals surface area contributed by atoms with Crippen molar-refractivity contribution in [2.75, 3.05) is 18.4 Å². The van der Waals surface area contributed by atoms with E-state index in [9.17, 15) is 4.79 Å². The molecule has 0 fully saturated rings. The number of rotatable bonds is 6. The third-order valence-electron chi connectivity index (χ3n) is 2.67. The fraction of sp³-hybridized carbons (Fsp3) is 0.286. The van der Waals surface area contributed by atoms with Crippen LogP contribution in [0.25, 0.3) is 0 Å². The molecule has 1 amide bonds. The summed E-state index contributed by atoms with van der Waals surface area (Å²) in [6, 6.07) is 7.42. The molecule has 0 unspecified atom stereocenters. The van der Waals surface area contributed by atoms with Crippen LogP contribution in [-0.4, -0.2) is 24.0 Å². The fourth-order valence-electron chi connectivity index (χ4n) is 1.70. The van der Waals surface area contributed by atoms with Crippen LogP contribution in [0.5, 0.6) is 0 Å². The highest BCUT2D eigenvalue weighted by Gasteiger charge is 2.06. The van der Waals surface area contributed by atoms with Gasteiger partial charge in [0.25, 0.3) is 5.91 Å². The molecule has 106 valence electrons. The zero-order valence-corrected chi connectivity index (χ0v) is 12.7. The quantitative estimate of drug-likeness (QED) is 0.861. The Hall–Kier alpha value is -1.59. The van der Waals surface area contributed by atoms with E-state index in [0.717, 1.165) is 28.0 Å². The second-order valence-electron chi connectivity index (χ2n) is 4.17. The molecule has 2 rings (SSSR count). The van der Waals surface area contributed by atoms with Gasteiger partial charge in [0.1, 0.15) is 5.82 Å². The zero-order chi connectivity index (χ0) is 14.4. The minimum Gasteiger partial charge on any atom is -0.370 e. The van der Waals surface area contributed by atoms with Gasteiger partial charge in [0, 0.05) is 24.2 Å². The van der Waals surface area contributed by atoms with Gasteiger partial charge < -0.3 is 10.6 Å². The van der Waals surface area contributed by atoms with Crippen LogP contribution in [-0.2, 0) is 6.42 Å². The normalized spacial score (nSPS) is 10.3. The highest BCUT2D eigenvalue weighted by atomic mass is 35.5. The molecule has 0 bridgehead atoms. The maximum absolute atomic E-state index is 11.9. The average Bonchev–Trinajstić information content (AvgIpc) is 2.85. The molecule has 2 N–H and O–H groups in total. The van der Waals surface area contributed by atoms with Gasteiger partial charge in [0.15, 0.2) is 0 Å². The van der Waals surface area contributed by atoms with E-state index in [2.05, 4.69) is 15.6 Å². The van der Waals surface area contributed by atoms with Gasteiger partial charge in [-0.15, -0.1) is 11.3 Å². The standard InChI is InChI=1S/C14H16ClN3OS/c1-2-16-13-6-3-10(9-18-13)14(19)17-8-7-11-4-5-12(15)20-11/h3-6,9H,2,7-8H2,1H3,(H,16,18)(H,17,19). The lowest BCUT2D eigenvalue weighted by Crippen LogP contribution is -2.25. The molecule has 0 atom stereocenters. The number of halogens is 1. The summed E-state index contributed by atoms with van der Waals surface area (Å²) in [5, 5.41) is 5.96. The number of carbonyl (C=O) groups is 1. The van der Waals surface area contributed by atoms with Crippen molar-refractivity contribution in [1.29, 1.82) is 0 Å². The first-order valence-electron chi connectivity index (χ1n) is 6.41. The topological polar surface area (TPSA) is 54.0 Å². The van der Waals surface area contributed by atoms with Gasteiger partial charge in [0.2, 0.25) is 0 Å². The number of thiophene rings is 1. The molecule has 0 spiro atoms. The highest BCUT2D eigenvalue weighted by Crippen LogP contribution is 2.21. The molecule has 0 aliphatic rings. The number of nitrogens with zero attached hydrogens (tertiary/aromatic N) is 1. The van der Waals surface area contributed by atoms with E-state index in [4.69, 9.17) is 11.6 Å². The van der Waals surface area contributed by atoms with Crippen molar-refractivity contribution in [2.24, 2.45) is 0 Å². The Morgan fingerprint density at radius 2 is 2.20 bits per heavy atom. The number of anilines is 1. The summed E-state index contributed by atoms with van der Waals surface area (Å²) in [5.41, 5.74) is 0.566. The molecule has 0 saturated carbocycles. The van der Waals surface area contributed by atoms with Gasteiger partial charge in [-0.3, -0.25) is 4.79 Å². The van der Waals surface area contributed by atoms with E-state index in [0.29, 0.717) is 12.1 Å². The molecular weight excluding hydrogens is 294 g/mol. The number of aromatic nitrogens is 1. The summed E-state index contributed by atoms with van der Waals surface area (Å²) in [4.78, 5) is 17.2. The maximum Gasteiger partial charge on any atom is 0.252 e. The Kier molecular flexibility index (Phi) is 5.38. The van der Waals surface area contributed by atoms with E-state index in [1.807, 2.05) is 19.1 Å². The molecule has 0 aliphatic carbocycles. The molecule has 2 heterocycles. The summed E-state index contributed by atoms with van der Waals surface area (Å²) in [7, 11) is 0. The second-order valence-corrected chi connectivity index (χ2v) is 5.97. The lowest BCUT2D eigenvalue weighted by atomic mass is 10.2. The van der Waals surface area contributed by atoms with E-state index in [-0.39, 0.29) is 5.91 Å². The second kappa shape index (κ2) is 7.26. The van der Waals surface area contributed by atoms with E-state index < -0.39 is 0 Å². The summed E-state index contributed by atoms with van der Waals surface area (Å²) in [5.74, 6) is 0.667. The molecule has 0 saturated heterocycles. The van der Waals surface area contributed by atoms with Crippen molar-refractivity contribution < 1.29 is 4.79 Å². The fourth-order valence-corrected chi connectivity index (χ4v) is 2.79. The van der Waals surface area contributed by atoms with Crippen LogP contribution in [0.1, 0.15) is 22.2 Å². The van der Waals surface area contributed by atoms with Gasteiger partial charge >= 0.3 is 0 Å². The number of hydrogen-bond donors (Lipinski definition) is 2. The Morgan fingerprint density at radius 1 is 1.35 bits per heavy atom. The average molecular weight is 310 g/mol. The first-order valence-corrected chi connectivity index (χ1v) is 7.61. The number of carbonyl (C=O) groups excluding carboxylic acids is 1. The van der Waals surface area contributed by atoms with E-state index >= 15 is 0 Å². The predicted octanol–water partition coefficient (Wildman–Crippen LogP) is 3.20. The predicted molar refractivity (Wildman–Crippen MR) is 83.8 cm³/mol. The molecule has 0 radical (unpaired) electrons. The number of amides is 1. The minimum absolute atomic E-state index is 0.108. The Morgan fingerprint density at radius 3 is 2.80 bits per heavy atom. The highest BCUT2D eigenvalue weighted by molar-refractivity contribution is 7.16. The van der Waals surface area contributed by atoms with Crippen molar-refractivity contribution in [1.82, 2.24) is 10.3 Å². The molecule has 0 aromatic carbocycles. The number of nitrogens with one attached hydrogen (secondary N) is 2. The molecule has 6 heteroatoms.